The van der Waals surface area contributed by atoms with Crippen LogP contribution in [0.15, 0.2) is 122 Å². The van der Waals surface area contributed by atoms with Crippen LogP contribution in [0.5, 0.6) is 0 Å². The second-order valence-electron chi connectivity index (χ2n) is 24.4. The highest BCUT2D eigenvalue weighted by Gasteiger charge is 2.29. The number of phosphoric acid groups is 2. The predicted octanol–water partition coefficient (Wildman–Crippen LogP) is 21.0. The first kappa shape index (κ1) is 91.0. The summed E-state index contributed by atoms with van der Waals surface area (Å²) in [5, 5.41) is 20.6. The number of carbonyl (C=O) groups excluding carboxylic acids is 3. The molecule has 546 valence electrons. The molecule has 0 aromatic carbocycles. The summed E-state index contributed by atoms with van der Waals surface area (Å²) in [7, 11) is -9.79. The number of rotatable bonds is 69. The SMILES string of the molecule is CC/C=C\C/C=C\C/C=C\C/C=C\C/C=C\CCCCCCCCCCCCCC(=O)OCC(O)COP(=O)(O)OCC(O)COP(=O)(O)OCC(COC(=O)CCCCCCC/C=C\C/C=C\C/C=C\C/C=C\CCCCC)OC(=O)CCCCCCC/C=C\CCCC. The van der Waals surface area contributed by atoms with Crippen LogP contribution in [0.25, 0.3) is 0 Å². The average molecular weight is 1380 g/mol. The van der Waals surface area contributed by atoms with Crippen LogP contribution in [0.3, 0.4) is 0 Å². The molecule has 5 atom stereocenters. The maximum Gasteiger partial charge on any atom is 0.472 e. The van der Waals surface area contributed by atoms with E-state index in [0.29, 0.717) is 19.3 Å². The Morgan fingerprint density at radius 1 is 0.305 bits per heavy atom. The molecule has 4 N–H and O–H groups in total. The van der Waals surface area contributed by atoms with Crippen molar-refractivity contribution < 1.29 is 75.8 Å². The van der Waals surface area contributed by atoms with Crippen molar-refractivity contribution >= 4 is 33.6 Å². The molecule has 0 spiro atoms. The van der Waals surface area contributed by atoms with E-state index in [1.54, 1.807) is 0 Å². The Morgan fingerprint density at radius 3 is 0.926 bits per heavy atom. The van der Waals surface area contributed by atoms with Crippen LogP contribution in [0.2, 0.25) is 0 Å². The second-order valence-corrected chi connectivity index (χ2v) is 27.3. The first-order valence-electron chi connectivity index (χ1n) is 36.8. The fraction of sp³-hybridized carbons (Fsp3) is 0.701. The van der Waals surface area contributed by atoms with Crippen LogP contribution in [-0.2, 0) is 55.8 Å². The van der Waals surface area contributed by atoms with E-state index >= 15 is 0 Å². The molecule has 18 heteroatoms. The smallest absolute Gasteiger partial charge is 0.463 e. The van der Waals surface area contributed by atoms with Gasteiger partial charge in [-0.3, -0.25) is 32.5 Å². The minimum absolute atomic E-state index is 0.0878. The van der Waals surface area contributed by atoms with Crippen LogP contribution in [0.1, 0.15) is 290 Å². The number of esters is 3. The normalized spacial score (nSPS) is 14.8. The first-order valence-corrected chi connectivity index (χ1v) is 39.8. The zero-order chi connectivity index (χ0) is 69.5. The standard InChI is InChI=1S/C77H132O16P2/c1-4-7-10-13-16-19-22-24-26-28-30-32-33-34-35-36-37-39-41-42-44-46-49-51-54-57-60-63-75(80)87-66-72(78)67-89-94(83,84)90-68-73(79)69-91-95(85,86)92-71-74(93-77(82)65-62-59-56-53-48-21-18-15-12-9-6-3)70-88-76(81)64-61-58-55-52-50-47-45-43-40-38-31-29-27-25-23-20-17-14-11-8-5-2/h7,10,15-20,24-27,30-32,34-35,38,43,45,72-74,78-79H,4-6,8-9,11-14,21-23,28-29,33,36-37,39-42,44,46-71H2,1-3H3,(H,83,84)(H,85,86)/b10-7-,18-15-,19-16-,20-17-,26-24-,27-25-,32-30-,35-34-,38-31-,45-43-. The number of allylic oxidation sites excluding steroid dienone is 20. The Balaban J connectivity index is 4.50. The predicted molar refractivity (Wildman–Crippen MR) is 390 cm³/mol. The molecule has 0 saturated heterocycles. The van der Waals surface area contributed by atoms with Gasteiger partial charge >= 0.3 is 33.6 Å². The zero-order valence-corrected chi connectivity index (χ0v) is 61.1. The Bertz CT molecular complexity index is 2210. The first-order chi connectivity index (χ1) is 46.2. The third-order valence-corrected chi connectivity index (χ3v) is 17.0. The Labute approximate surface area is 576 Å². The van der Waals surface area contributed by atoms with Gasteiger partial charge in [0.1, 0.15) is 25.4 Å². The minimum atomic E-state index is -4.93. The van der Waals surface area contributed by atoms with Crippen molar-refractivity contribution in [2.24, 2.45) is 0 Å². The molecule has 0 aromatic rings. The summed E-state index contributed by atoms with van der Waals surface area (Å²) >= 11 is 0. The summed E-state index contributed by atoms with van der Waals surface area (Å²) in [6.07, 6.45) is 81.1. The molecule has 0 rings (SSSR count). The van der Waals surface area contributed by atoms with E-state index in [-0.39, 0.29) is 19.3 Å². The summed E-state index contributed by atoms with van der Waals surface area (Å²) in [5.41, 5.74) is 0. The van der Waals surface area contributed by atoms with Crippen LogP contribution < -0.4 is 0 Å². The van der Waals surface area contributed by atoms with Gasteiger partial charge in [0.2, 0.25) is 0 Å². The number of aliphatic hydroxyl groups excluding tert-OH is 2. The number of unbranched alkanes of at least 4 members (excludes halogenated alkanes) is 26. The second kappa shape index (κ2) is 69.8. The number of hydrogen-bond acceptors (Lipinski definition) is 14. The lowest BCUT2D eigenvalue weighted by atomic mass is 10.0. The van der Waals surface area contributed by atoms with Crippen molar-refractivity contribution in [3.05, 3.63) is 122 Å². The number of ether oxygens (including phenoxy) is 3. The van der Waals surface area contributed by atoms with Crippen molar-refractivity contribution in [3.8, 4) is 0 Å². The lowest BCUT2D eigenvalue weighted by molar-refractivity contribution is -0.161. The summed E-state index contributed by atoms with van der Waals surface area (Å²) in [5.74, 6) is -1.61. The topological polar surface area (TPSA) is 231 Å². The van der Waals surface area contributed by atoms with E-state index in [4.69, 9.17) is 32.3 Å². The van der Waals surface area contributed by atoms with E-state index in [9.17, 15) is 43.5 Å². The molecule has 0 aliphatic carbocycles. The molecular formula is C77H132O16P2. The molecule has 0 fully saturated rings. The maximum absolute atomic E-state index is 12.9. The molecule has 0 heterocycles. The van der Waals surface area contributed by atoms with Gasteiger partial charge in [-0.05, 0) is 128 Å². The van der Waals surface area contributed by atoms with E-state index in [0.717, 1.165) is 148 Å². The largest absolute Gasteiger partial charge is 0.472 e. The molecule has 5 unspecified atom stereocenters. The van der Waals surface area contributed by atoms with Gasteiger partial charge in [-0.1, -0.05) is 264 Å². The van der Waals surface area contributed by atoms with Gasteiger partial charge in [-0.2, -0.15) is 0 Å². The third-order valence-electron chi connectivity index (χ3n) is 15.1. The van der Waals surface area contributed by atoms with Gasteiger partial charge in [0, 0.05) is 19.3 Å². The van der Waals surface area contributed by atoms with Crippen molar-refractivity contribution in [1.29, 1.82) is 0 Å². The Morgan fingerprint density at radius 2 is 0.568 bits per heavy atom. The fourth-order valence-electron chi connectivity index (χ4n) is 9.50. The van der Waals surface area contributed by atoms with Gasteiger partial charge in [-0.15, -0.1) is 0 Å². The van der Waals surface area contributed by atoms with Crippen molar-refractivity contribution in [1.82, 2.24) is 0 Å². The molecule has 0 aromatic heterocycles. The molecule has 0 radical (unpaired) electrons. The van der Waals surface area contributed by atoms with Crippen molar-refractivity contribution in [2.75, 3.05) is 39.6 Å². The lowest BCUT2D eigenvalue weighted by Crippen LogP contribution is -2.30. The van der Waals surface area contributed by atoms with E-state index in [1.165, 1.54) is 83.5 Å². The molecule has 0 bridgehead atoms. The number of aliphatic hydroxyl groups is 2. The summed E-state index contributed by atoms with van der Waals surface area (Å²) in [4.78, 5) is 58.4. The molecule has 0 saturated carbocycles. The summed E-state index contributed by atoms with van der Waals surface area (Å²) < 4.78 is 60.9. The lowest BCUT2D eigenvalue weighted by Gasteiger charge is -2.21. The highest BCUT2D eigenvalue weighted by atomic mass is 31.2. The van der Waals surface area contributed by atoms with Gasteiger partial charge in [0.15, 0.2) is 6.10 Å². The molecule has 95 heavy (non-hydrogen) atoms. The van der Waals surface area contributed by atoms with Crippen LogP contribution in [0, 0.1) is 0 Å². The van der Waals surface area contributed by atoms with Gasteiger partial charge in [-0.25, -0.2) is 9.13 Å². The van der Waals surface area contributed by atoms with Crippen LogP contribution in [0.4, 0.5) is 0 Å². The molecule has 0 aliphatic rings. The van der Waals surface area contributed by atoms with Crippen LogP contribution in [-0.4, -0.2) is 95.9 Å². The summed E-state index contributed by atoms with van der Waals surface area (Å²) in [6.45, 7) is 2.45. The van der Waals surface area contributed by atoms with Crippen molar-refractivity contribution in [3.63, 3.8) is 0 Å². The van der Waals surface area contributed by atoms with E-state index in [1.807, 2.05) is 0 Å². The highest BCUT2D eigenvalue weighted by molar-refractivity contribution is 7.47. The number of phosphoric ester groups is 2. The molecule has 16 nitrogen and oxygen atoms in total. The number of hydrogen-bond donors (Lipinski definition) is 4. The van der Waals surface area contributed by atoms with E-state index in [2.05, 4.69) is 142 Å². The Kier molecular flexibility index (Phi) is 66.9. The van der Waals surface area contributed by atoms with Crippen LogP contribution >= 0.6 is 15.6 Å². The van der Waals surface area contributed by atoms with Gasteiger partial charge < -0.3 is 34.2 Å². The van der Waals surface area contributed by atoms with Gasteiger partial charge in [0.25, 0.3) is 0 Å². The minimum Gasteiger partial charge on any atom is -0.463 e. The summed E-state index contributed by atoms with van der Waals surface area (Å²) in [6, 6.07) is 0. The van der Waals surface area contributed by atoms with E-state index < -0.39 is 91.5 Å². The third kappa shape index (κ3) is 71.1. The van der Waals surface area contributed by atoms with Crippen molar-refractivity contribution in [2.45, 2.75) is 309 Å². The monoisotopic (exact) mass is 1370 g/mol. The molecule has 0 aliphatic heterocycles. The van der Waals surface area contributed by atoms with Gasteiger partial charge in [0.05, 0.1) is 26.4 Å². The maximum atomic E-state index is 12.9. The molecular weight excluding hydrogens is 1240 g/mol. The zero-order valence-electron chi connectivity index (χ0n) is 59.3. The molecule has 0 amide bonds. The average Bonchev–Trinajstić information content (AvgIpc) is 3.10. The highest BCUT2D eigenvalue weighted by Crippen LogP contribution is 2.45. The fourth-order valence-corrected chi connectivity index (χ4v) is 11.1. The Hall–Kier alpha value is -4.05. The quantitative estimate of drug-likeness (QED) is 0.0146. The number of carbonyl (C=O) groups is 3.